The number of amides is 1. The van der Waals surface area contributed by atoms with Gasteiger partial charge < -0.3 is 4.90 Å². The minimum atomic E-state index is -3.85. The number of sulfonamides is 1. The van der Waals surface area contributed by atoms with Gasteiger partial charge in [-0.2, -0.15) is 0 Å². The maximum absolute atomic E-state index is 12.5. The van der Waals surface area contributed by atoms with Gasteiger partial charge in [0.05, 0.1) is 4.90 Å². The van der Waals surface area contributed by atoms with Crippen LogP contribution in [0.1, 0.15) is 35.7 Å². The second kappa shape index (κ2) is 6.06. The number of primary sulfonamides is 1. The van der Waals surface area contributed by atoms with Gasteiger partial charge in [-0.3, -0.25) is 4.79 Å². The SMILES string of the molecule is Cc1c(Br)cc(C(=O)N2CCC(C)CC2)cc1S(N)(=O)=O. The zero-order chi connectivity index (χ0) is 15.8. The summed E-state index contributed by atoms with van der Waals surface area (Å²) in [4.78, 5) is 14.3. The van der Waals surface area contributed by atoms with Crippen LogP contribution in [0.4, 0.5) is 0 Å². The molecular formula is C14H19BrN2O3S. The molecule has 2 rings (SSSR count). The van der Waals surface area contributed by atoms with Crippen LogP contribution in [-0.4, -0.2) is 32.3 Å². The summed E-state index contributed by atoms with van der Waals surface area (Å²) in [6.45, 7) is 5.23. The number of rotatable bonds is 2. The van der Waals surface area contributed by atoms with Gasteiger partial charge in [0.1, 0.15) is 0 Å². The highest BCUT2D eigenvalue weighted by molar-refractivity contribution is 9.10. The lowest BCUT2D eigenvalue weighted by atomic mass is 9.98. The predicted molar refractivity (Wildman–Crippen MR) is 84.6 cm³/mol. The van der Waals surface area contributed by atoms with E-state index in [0.717, 1.165) is 12.8 Å². The van der Waals surface area contributed by atoms with Crippen molar-refractivity contribution in [2.75, 3.05) is 13.1 Å². The van der Waals surface area contributed by atoms with Gasteiger partial charge in [-0.25, -0.2) is 13.6 Å². The second-order valence-corrected chi connectivity index (χ2v) is 7.99. The molecule has 1 aliphatic rings. The first-order chi connectivity index (χ1) is 9.70. The maximum atomic E-state index is 12.5. The first kappa shape index (κ1) is 16.5. The minimum Gasteiger partial charge on any atom is -0.339 e. The van der Waals surface area contributed by atoms with Crippen molar-refractivity contribution in [1.82, 2.24) is 4.90 Å². The van der Waals surface area contributed by atoms with Crippen LogP contribution >= 0.6 is 15.9 Å². The van der Waals surface area contributed by atoms with Crippen LogP contribution in [0.5, 0.6) is 0 Å². The number of halogens is 1. The van der Waals surface area contributed by atoms with E-state index in [1.54, 1.807) is 17.9 Å². The average Bonchev–Trinajstić information content (AvgIpc) is 2.40. The topological polar surface area (TPSA) is 80.5 Å². The van der Waals surface area contributed by atoms with Crippen molar-refractivity contribution in [2.45, 2.75) is 31.6 Å². The maximum Gasteiger partial charge on any atom is 0.253 e. The van der Waals surface area contributed by atoms with Crippen molar-refractivity contribution in [3.8, 4) is 0 Å². The molecule has 0 unspecified atom stereocenters. The molecule has 5 nitrogen and oxygen atoms in total. The van der Waals surface area contributed by atoms with Crippen LogP contribution < -0.4 is 5.14 Å². The van der Waals surface area contributed by atoms with Gasteiger partial charge >= 0.3 is 0 Å². The van der Waals surface area contributed by atoms with Crippen LogP contribution in [0.3, 0.4) is 0 Å². The zero-order valence-electron chi connectivity index (χ0n) is 12.1. The van der Waals surface area contributed by atoms with Gasteiger partial charge in [0, 0.05) is 23.1 Å². The van der Waals surface area contributed by atoms with Crippen molar-refractivity contribution >= 4 is 31.9 Å². The van der Waals surface area contributed by atoms with E-state index >= 15 is 0 Å². The minimum absolute atomic E-state index is 0.00870. The Morgan fingerprint density at radius 3 is 2.43 bits per heavy atom. The van der Waals surface area contributed by atoms with E-state index in [-0.39, 0.29) is 10.8 Å². The number of carbonyl (C=O) groups is 1. The van der Waals surface area contributed by atoms with Crippen molar-refractivity contribution < 1.29 is 13.2 Å². The lowest BCUT2D eigenvalue weighted by Crippen LogP contribution is -2.38. The van der Waals surface area contributed by atoms with E-state index in [2.05, 4.69) is 22.9 Å². The Morgan fingerprint density at radius 1 is 1.33 bits per heavy atom. The van der Waals surface area contributed by atoms with E-state index in [1.165, 1.54) is 6.07 Å². The molecule has 7 heteroatoms. The molecule has 1 fully saturated rings. The molecule has 0 aliphatic carbocycles. The molecule has 1 amide bonds. The molecule has 0 spiro atoms. The monoisotopic (exact) mass is 374 g/mol. The highest BCUT2D eigenvalue weighted by atomic mass is 79.9. The third kappa shape index (κ3) is 3.64. The predicted octanol–water partition coefficient (Wildman–Crippen LogP) is 2.28. The number of benzene rings is 1. The van der Waals surface area contributed by atoms with Crippen LogP contribution in [0, 0.1) is 12.8 Å². The normalized spacial score (nSPS) is 17.0. The van der Waals surface area contributed by atoms with Crippen LogP contribution in [0.2, 0.25) is 0 Å². The summed E-state index contributed by atoms with van der Waals surface area (Å²) >= 11 is 3.30. The summed E-state index contributed by atoms with van der Waals surface area (Å²) in [5.74, 6) is 0.478. The number of hydrogen-bond acceptors (Lipinski definition) is 3. The number of nitrogens with zero attached hydrogens (tertiary/aromatic N) is 1. The van der Waals surface area contributed by atoms with Gasteiger partial charge in [-0.15, -0.1) is 0 Å². The molecule has 1 heterocycles. The van der Waals surface area contributed by atoms with Crippen LogP contribution in [0.25, 0.3) is 0 Å². The van der Waals surface area contributed by atoms with Crippen molar-refractivity contribution in [3.63, 3.8) is 0 Å². The molecule has 2 N–H and O–H groups in total. The van der Waals surface area contributed by atoms with Gasteiger partial charge in [0.2, 0.25) is 10.0 Å². The highest BCUT2D eigenvalue weighted by Gasteiger charge is 2.24. The number of piperidine rings is 1. The van der Waals surface area contributed by atoms with Crippen LogP contribution in [-0.2, 0) is 10.0 Å². The van der Waals surface area contributed by atoms with Crippen molar-refractivity contribution in [2.24, 2.45) is 11.1 Å². The first-order valence-corrected chi connectivity index (χ1v) is 9.16. The fourth-order valence-electron chi connectivity index (χ4n) is 2.47. The highest BCUT2D eigenvalue weighted by Crippen LogP contribution is 2.26. The van der Waals surface area contributed by atoms with E-state index < -0.39 is 10.0 Å². The zero-order valence-corrected chi connectivity index (χ0v) is 14.5. The van der Waals surface area contributed by atoms with Crippen LogP contribution in [0.15, 0.2) is 21.5 Å². The van der Waals surface area contributed by atoms with Crippen molar-refractivity contribution in [1.29, 1.82) is 0 Å². The van der Waals surface area contributed by atoms with E-state index in [9.17, 15) is 13.2 Å². The molecule has 116 valence electrons. The molecule has 0 radical (unpaired) electrons. The second-order valence-electron chi connectivity index (χ2n) is 5.60. The number of hydrogen-bond donors (Lipinski definition) is 1. The Kier molecular flexibility index (Phi) is 4.75. The van der Waals surface area contributed by atoms with Gasteiger partial charge in [-0.05, 0) is 43.4 Å². The third-order valence-corrected chi connectivity index (χ3v) is 5.78. The molecule has 1 aromatic carbocycles. The number of nitrogens with two attached hydrogens (primary N) is 1. The first-order valence-electron chi connectivity index (χ1n) is 6.82. The van der Waals surface area contributed by atoms with Gasteiger partial charge in [0.15, 0.2) is 0 Å². The summed E-state index contributed by atoms with van der Waals surface area (Å²) in [5, 5.41) is 5.22. The Hall–Kier alpha value is -0.920. The molecule has 0 bridgehead atoms. The number of likely N-dealkylation sites (tertiary alicyclic amines) is 1. The molecule has 21 heavy (non-hydrogen) atoms. The summed E-state index contributed by atoms with van der Waals surface area (Å²) in [6.07, 6.45) is 1.95. The molecule has 1 aliphatic heterocycles. The van der Waals surface area contributed by atoms with Gasteiger partial charge in [0.25, 0.3) is 5.91 Å². The Balaban J connectivity index is 2.36. The summed E-state index contributed by atoms with van der Waals surface area (Å²) in [7, 11) is -3.85. The molecule has 0 aromatic heterocycles. The summed E-state index contributed by atoms with van der Waals surface area (Å²) in [6, 6.07) is 3.03. The summed E-state index contributed by atoms with van der Waals surface area (Å²) < 4.78 is 23.8. The fraction of sp³-hybridized carbons (Fsp3) is 0.500. The lowest BCUT2D eigenvalue weighted by molar-refractivity contribution is 0.0697. The van der Waals surface area contributed by atoms with E-state index in [0.29, 0.717) is 34.6 Å². The summed E-state index contributed by atoms with van der Waals surface area (Å²) in [5.41, 5.74) is 0.868. The average molecular weight is 375 g/mol. The standard InChI is InChI=1S/C14H19BrN2O3S/c1-9-3-5-17(6-4-9)14(18)11-7-12(15)10(2)13(8-11)21(16,19)20/h7-9H,3-6H2,1-2H3,(H2,16,19,20). The lowest BCUT2D eigenvalue weighted by Gasteiger charge is -2.30. The molecule has 1 saturated heterocycles. The smallest absolute Gasteiger partial charge is 0.253 e. The number of carbonyl (C=O) groups excluding carboxylic acids is 1. The quantitative estimate of drug-likeness (QED) is 0.861. The molecule has 0 atom stereocenters. The van der Waals surface area contributed by atoms with E-state index in [4.69, 9.17) is 5.14 Å². The Morgan fingerprint density at radius 2 is 1.90 bits per heavy atom. The van der Waals surface area contributed by atoms with Gasteiger partial charge in [-0.1, -0.05) is 22.9 Å². The third-order valence-electron chi connectivity index (χ3n) is 3.92. The Bertz CT molecular complexity index is 665. The van der Waals surface area contributed by atoms with E-state index in [1.807, 2.05) is 0 Å². The van der Waals surface area contributed by atoms with Crippen molar-refractivity contribution in [3.05, 3.63) is 27.7 Å². The fourth-order valence-corrected chi connectivity index (χ4v) is 3.89. The molecular weight excluding hydrogens is 356 g/mol. The molecule has 1 aromatic rings. The Labute approximate surface area is 133 Å². The largest absolute Gasteiger partial charge is 0.339 e. The molecule has 0 saturated carbocycles.